The van der Waals surface area contributed by atoms with Crippen molar-refractivity contribution in [3.8, 4) is 0 Å². The number of carbonyl (C=O) groups excluding carboxylic acids is 1. The fraction of sp³-hybridized carbons (Fsp3) is 0.286. The zero-order chi connectivity index (χ0) is 21.1. The molecule has 1 N–H and O–H groups in total. The van der Waals surface area contributed by atoms with E-state index in [2.05, 4.69) is 15.3 Å². The van der Waals surface area contributed by atoms with Crippen LogP contribution in [0.25, 0.3) is 11.0 Å². The van der Waals surface area contributed by atoms with E-state index in [1.165, 1.54) is 28.6 Å². The maximum Gasteiger partial charge on any atom is 0.244 e. The summed E-state index contributed by atoms with van der Waals surface area (Å²) < 4.78 is 28.4. The van der Waals surface area contributed by atoms with Crippen LogP contribution in [0, 0.1) is 0 Å². The third kappa shape index (κ3) is 4.30. The van der Waals surface area contributed by atoms with Crippen LogP contribution < -0.4 is 5.32 Å². The molecule has 1 atom stereocenters. The lowest BCUT2D eigenvalue weighted by atomic mass is 10.1. The van der Waals surface area contributed by atoms with Gasteiger partial charge in [0.25, 0.3) is 0 Å². The summed E-state index contributed by atoms with van der Waals surface area (Å²) in [5.41, 5.74) is 2.13. The summed E-state index contributed by atoms with van der Waals surface area (Å²) in [6, 6.07) is 10.6. The molecule has 9 heteroatoms. The largest absolute Gasteiger partial charge is 0.355 e. The molecule has 0 aliphatic carbocycles. The van der Waals surface area contributed by atoms with Gasteiger partial charge in [-0.1, -0.05) is 17.7 Å². The minimum Gasteiger partial charge on any atom is -0.355 e. The molecule has 0 spiro atoms. The molecule has 2 aromatic carbocycles. The van der Waals surface area contributed by atoms with Gasteiger partial charge in [-0.3, -0.25) is 14.8 Å². The first-order valence-electron chi connectivity index (χ1n) is 9.70. The number of amides is 1. The first-order valence-corrected chi connectivity index (χ1v) is 11.5. The molecule has 156 valence electrons. The summed E-state index contributed by atoms with van der Waals surface area (Å²) in [7, 11) is -3.94. The van der Waals surface area contributed by atoms with Crippen molar-refractivity contribution >= 4 is 38.6 Å². The number of benzene rings is 2. The van der Waals surface area contributed by atoms with E-state index in [0.717, 1.165) is 23.9 Å². The Kier molecular flexibility index (Phi) is 5.99. The molecule has 0 bridgehead atoms. The average Bonchev–Trinajstić information content (AvgIpc) is 2.96. The molecule has 0 saturated carbocycles. The number of aromatic nitrogens is 2. The summed E-state index contributed by atoms with van der Waals surface area (Å²) in [6.07, 6.45) is 5.25. The number of hydrogen-bond acceptors (Lipinski definition) is 5. The van der Waals surface area contributed by atoms with Gasteiger partial charge in [0.15, 0.2) is 0 Å². The Bertz CT molecular complexity index is 1170. The lowest BCUT2D eigenvalue weighted by molar-refractivity contribution is -0.124. The van der Waals surface area contributed by atoms with Crippen LogP contribution in [-0.2, 0) is 21.4 Å². The van der Waals surface area contributed by atoms with Gasteiger partial charge in [0.2, 0.25) is 15.9 Å². The molecule has 3 aromatic rings. The van der Waals surface area contributed by atoms with Crippen LogP contribution in [0.2, 0.25) is 5.02 Å². The SMILES string of the molecule is O=C1NCCCC[C@H]1N(Cc1ccc2nccnc2c1)S(=O)(=O)c1ccc(Cl)cc1. The first kappa shape index (κ1) is 20.7. The highest BCUT2D eigenvalue weighted by Gasteiger charge is 2.36. The second-order valence-corrected chi connectivity index (χ2v) is 9.51. The molecule has 0 radical (unpaired) electrons. The van der Waals surface area contributed by atoms with Gasteiger partial charge in [-0.25, -0.2) is 8.42 Å². The predicted molar refractivity (Wildman–Crippen MR) is 114 cm³/mol. The van der Waals surface area contributed by atoms with E-state index in [-0.39, 0.29) is 17.3 Å². The van der Waals surface area contributed by atoms with Gasteiger partial charge in [-0.15, -0.1) is 0 Å². The van der Waals surface area contributed by atoms with Crippen LogP contribution >= 0.6 is 11.6 Å². The Morgan fingerprint density at radius 2 is 1.77 bits per heavy atom. The highest BCUT2D eigenvalue weighted by Crippen LogP contribution is 2.26. The van der Waals surface area contributed by atoms with Gasteiger partial charge in [0.05, 0.1) is 15.9 Å². The third-order valence-corrected chi connectivity index (χ3v) is 7.27. The van der Waals surface area contributed by atoms with Crippen molar-refractivity contribution in [3.05, 3.63) is 65.4 Å². The van der Waals surface area contributed by atoms with Crippen LogP contribution in [0.4, 0.5) is 0 Å². The van der Waals surface area contributed by atoms with Crippen LogP contribution in [-0.4, -0.2) is 41.2 Å². The fourth-order valence-electron chi connectivity index (χ4n) is 3.59. The number of halogens is 1. The molecule has 0 unspecified atom stereocenters. The molecule has 2 heterocycles. The number of sulfonamides is 1. The van der Waals surface area contributed by atoms with Crippen LogP contribution in [0.3, 0.4) is 0 Å². The molecular weight excluding hydrogens is 424 g/mol. The van der Waals surface area contributed by atoms with Crippen LogP contribution in [0.15, 0.2) is 59.8 Å². The van der Waals surface area contributed by atoms with Crippen molar-refractivity contribution < 1.29 is 13.2 Å². The van der Waals surface area contributed by atoms with Crippen LogP contribution in [0.5, 0.6) is 0 Å². The number of carbonyl (C=O) groups is 1. The van der Waals surface area contributed by atoms with Crippen LogP contribution in [0.1, 0.15) is 24.8 Å². The number of nitrogens with zero attached hydrogens (tertiary/aromatic N) is 3. The van der Waals surface area contributed by atoms with Crippen molar-refractivity contribution in [1.29, 1.82) is 0 Å². The standard InChI is InChI=1S/C21H21ClN4O3S/c22-16-5-7-17(8-6-16)30(28,29)26(20-3-1-2-10-25-21(20)27)14-15-4-9-18-19(13-15)24-12-11-23-18/h4-9,11-13,20H,1-3,10,14H2,(H,25,27)/t20-/m1/s1. The molecular formula is C21H21ClN4O3S. The summed E-state index contributed by atoms with van der Waals surface area (Å²) >= 11 is 5.93. The Balaban J connectivity index is 1.75. The molecule has 4 rings (SSSR count). The van der Waals surface area contributed by atoms with Gasteiger partial charge >= 0.3 is 0 Å². The fourth-order valence-corrected chi connectivity index (χ4v) is 5.32. The Morgan fingerprint density at radius 1 is 1.03 bits per heavy atom. The molecule has 1 aliphatic rings. The van der Waals surface area contributed by atoms with Crippen molar-refractivity contribution in [1.82, 2.24) is 19.6 Å². The molecule has 1 fully saturated rings. The maximum absolute atomic E-state index is 13.5. The van der Waals surface area contributed by atoms with Gasteiger partial charge in [0, 0.05) is 30.5 Å². The normalized spacial score (nSPS) is 17.7. The number of hydrogen-bond donors (Lipinski definition) is 1. The smallest absolute Gasteiger partial charge is 0.244 e. The van der Waals surface area contributed by atoms with Crippen molar-refractivity contribution in [3.63, 3.8) is 0 Å². The Hall–Kier alpha value is -2.55. The van der Waals surface area contributed by atoms with E-state index in [9.17, 15) is 13.2 Å². The number of rotatable bonds is 5. The van der Waals surface area contributed by atoms with Crippen molar-refractivity contribution in [2.45, 2.75) is 36.7 Å². The zero-order valence-electron chi connectivity index (χ0n) is 16.2. The Morgan fingerprint density at radius 3 is 2.53 bits per heavy atom. The molecule has 1 amide bonds. The number of fused-ring (bicyclic) bond motifs is 1. The lowest BCUT2D eigenvalue weighted by Gasteiger charge is -2.29. The highest BCUT2D eigenvalue weighted by molar-refractivity contribution is 7.89. The van der Waals surface area contributed by atoms with Gasteiger partial charge in [0.1, 0.15) is 6.04 Å². The summed E-state index contributed by atoms with van der Waals surface area (Å²) in [4.78, 5) is 21.4. The van der Waals surface area contributed by atoms with Gasteiger partial charge in [-0.2, -0.15) is 4.31 Å². The predicted octanol–water partition coefficient (Wildman–Crippen LogP) is 3.14. The molecule has 1 aromatic heterocycles. The topological polar surface area (TPSA) is 92.3 Å². The Labute approximate surface area is 180 Å². The molecule has 1 saturated heterocycles. The van der Waals surface area contributed by atoms with Gasteiger partial charge < -0.3 is 5.32 Å². The zero-order valence-corrected chi connectivity index (χ0v) is 17.7. The molecule has 30 heavy (non-hydrogen) atoms. The van der Waals surface area contributed by atoms with E-state index >= 15 is 0 Å². The maximum atomic E-state index is 13.5. The molecule has 1 aliphatic heterocycles. The average molecular weight is 445 g/mol. The second-order valence-electron chi connectivity index (χ2n) is 7.19. The van der Waals surface area contributed by atoms with Crippen molar-refractivity contribution in [2.24, 2.45) is 0 Å². The first-order chi connectivity index (χ1) is 14.4. The highest BCUT2D eigenvalue weighted by atomic mass is 35.5. The van der Waals surface area contributed by atoms with E-state index in [1.54, 1.807) is 24.5 Å². The summed E-state index contributed by atoms with van der Waals surface area (Å²) in [5, 5.41) is 3.28. The number of nitrogens with one attached hydrogen (secondary N) is 1. The quantitative estimate of drug-likeness (QED) is 0.652. The van der Waals surface area contributed by atoms with Gasteiger partial charge in [-0.05, 0) is 61.2 Å². The molecule has 7 nitrogen and oxygen atoms in total. The minimum atomic E-state index is -3.94. The summed E-state index contributed by atoms with van der Waals surface area (Å²) in [5.74, 6) is -0.273. The monoisotopic (exact) mass is 444 g/mol. The van der Waals surface area contributed by atoms with Crippen molar-refractivity contribution in [2.75, 3.05) is 6.54 Å². The van der Waals surface area contributed by atoms with E-state index in [4.69, 9.17) is 11.6 Å². The summed E-state index contributed by atoms with van der Waals surface area (Å²) in [6.45, 7) is 0.602. The van der Waals surface area contributed by atoms with E-state index in [0.29, 0.717) is 23.5 Å². The van der Waals surface area contributed by atoms with E-state index < -0.39 is 16.1 Å². The second kappa shape index (κ2) is 8.67. The van der Waals surface area contributed by atoms with E-state index in [1.807, 2.05) is 6.07 Å². The third-order valence-electron chi connectivity index (χ3n) is 5.15. The lowest BCUT2D eigenvalue weighted by Crippen LogP contribution is -2.48. The minimum absolute atomic E-state index is 0.0512.